The lowest BCUT2D eigenvalue weighted by Gasteiger charge is -2.12. The first kappa shape index (κ1) is 17.8. The first-order valence-corrected chi connectivity index (χ1v) is 10.2. The first-order valence-electron chi connectivity index (χ1n) is 6.69. The van der Waals surface area contributed by atoms with Gasteiger partial charge in [-0.05, 0) is 53.2 Å². The molecule has 0 fully saturated rings. The van der Waals surface area contributed by atoms with Gasteiger partial charge in [0.15, 0.2) is 8.68 Å². The lowest BCUT2D eigenvalue weighted by molar-refractivity contribution is -0.115. The highest BCUT2D eigenvalue weighted by molar-refractivity contribution is 9.10. The molecule has 0 spiro atoms. The van der Waals surface area contributed by atoms with Crippen molar-refractivity contribution >= 4 is 62.4 Å². The van der Waals surface area contributed by atoms with Crippen LogP contribution in [0.2, 0.25) is 0 Å². The zero-order valence-corrected chi connectivity index (χ0v) is 16.5. The number of aryl methyl sites for hydroxylation is 1. The quantitative estimate of drug-likeness (QED) is 0.681. The van der Waals surface area contributed by atoms with E-state index in [0.717, 1.165) is 30.2 Å². The highest BCUT2D eigenvalue weighted by atomic mass is 79.9. The maximum absolute atomic E-state index is 12.3. The van der Waals surface area contributed by atoms with Gasteiger partial charge in [0.05, 0.1) is 10.9 Å². The topological polar surface area (TPSA) is 54.9 Å². The molecule has 2 aromatic rings. The summed E-state index contributed by atoms with van der Waals surface area (Å²) < 4.78 is 2.65. The van der Waals surface area contributed by atoms with Gasteiger partial charge in [-0.1, -0.05) is 47.9 Å². The molecule has 1 aromatic heterocycles. The summed E-state index contributed by atoms with van der Waals surface area (Å²) in [4.78, 5) is 12.3. The van der Waals surface area contributed by atoms with Gasteiger partial charge >= 0.3 is 0 Å². The van der Waals surface area contributed by atoms with E-state index in [-0.39, 0.29) is 11.2 Å². The summed E-state index contributed by atoms with van der Waals surface area (Å²) in [5.41, 5.74) is 1.92. The molecule has 0 saturated heterocycles. The molecule has 1 heterocycles. The first-order chi connectivity index (χ1) is 10.5. The van der Waals surface area contributed by atoms with Gasteiger partial charge in [0, 0.05) is 4.47 Å². The Kier molecular flexibility index (Phi) is 6.73. The Balaban J connectivity index is 1.96. The number of halogens is 1. The minimum Gasteiger partial charge on any atom is -0.324 e. The van der Waals surface area contributed by atoms with Crippen LogP contribution >= 0.6 is 50.8 Å². The van der Waals surface area contributed by atoms with Crippen molar-refractivity contribution in [3.63, 3.8) is 0 Å². The molecule has 2 rings (SSSR count). The van der Waals surface area contributed by atoms with Gasteiger partial charge in [-0.15, -0.1) is 10.2 Å². The Morgan fingerprint density at radius 2 is 2.14 bits per heavy atom. The smallest absolute Gasteiger partial charge is 0.237 e. The number of hydrogen-bond acceptors (Lipinski definition) is 6. The van der Waals surface area contributed by atoms with E-state index in [1.165, 1.54) is 23.1 Å². The number of rotatable bonds is 6. The molecular formula is C14H16BrN3OS3. The van der Waals surface area contributed by atoms with Gasteiger partial charge in [-0.25, -0.2) is 0 Å². The lowest BCUT2D eigenvalue weighted by Crippen LogP contribution is -2.22. The Labute approximate surface area is 151 Å². The summed E-state index contributed by atoms with van der Waals surface area (Å²) in [7, 11) is 0. The summed E-state index contributed by atoms with van der Waals surface area (Å²) in [5, 5.41) is 10.9. The molecule has 1 N–H and O–H groups in total. The Bertz CT molecular complexity index is 663. The zero-order chi connectivity index (χ0) is 16.1. The number of nitrogens with one attached hydrogen (secondary N) is 1. The largest absolute Gasteiger partial charge is 0.324 e. The number of aromatic nitrogens is 2. The molecule has 0 aliphatic heterocycles. The van der Waals surface area contributed by atoms with Crippen molar-refractivity contribution in [2.24, 2.45) is 0 Å². The summed E-state index contributed by atoms with van der Waals surface area (Å²) in [6.45, 7) is 5.96. The second kappa shape index (κ2) is 8.33. The van der Waals surface area contributed by atoms with Gasteiger partial charge in [-0.3, -0.25) is 4.79 Å². The van der Waals surface area contributed by atoms with Crippen LogP contribution in [-0.2, 0) is 4.79 Å². The summed E-state index contributed by atoms with van der Waals surface area (Å²) in [5.74, 6) is 0.922. The number of anilines is 1. The molecule has 118 valence electrons. The predicted molar refractivity (Wildman–Crippen MR) is 99.1 cm³/mol. The number of nitrogens with zero attached hydrogens (tertiary/aromatic N) is 2. The molecule has 1 atom stereocenters. The van der Waals surface area contributed by atoms with Crippen LogP contribution in [0.1, 0.15) is 19.4 Å². The van der Waals surface area contributed by atoms with Crippen molar-refractivity contribution in [1.29, 1.82) is 0 Å². The van der Waals surface area contributed by atoms with E-state index in [0.29, 0.717) is 0 Å². The second-order valence-electron chi connectivity index (χ2n) is 4.50. The minimum atomic E-state index is -0.236. The number of carbonyl (C=O) groups is 1. The minimum absolute atomic E-state index is 0.0468. The van der Waals surface area contributed by atoms with Crippen LogP contribution in [0.3, 0.4) is 0 Å². The average Bonchev–Trinajstić information content (AvgIpc) is 2.89. The fourth-order valence-electron chi connectivity index (χ4n) is 1.59. The molecule has 0 bridgehead atoms. The fraction of sp³-hybridized carbons (Fsp3) is 0.357. The molecule has 0 aliphatic carbocycles. The van der Waals surface area contributed by atoms with Crippen molar-refractivity contribution in [2.45, 2.75) is 34.7 Å². The van der Waals surface area contributed by atoms with Crippen LogP contribution in [0.15, 0.2) is 31.4 Å². The number of amides is 1. The third-order valence-corrected chi connectivity index (χ3v) is 6.46. The molecule has 22 heavy (non-hydrogen) atoms. The monoisotopic (exact) mass is 417 g/mol. The zero-order valence-electron chi connectivity index (χ0n) is 12.4. The van der Waals surface area contributed by atoms with Crippen LogP contribution in [0, 0.1) is 6.92 Å². The van der Waals surface area contributed by atoms with Crippen LogP contribution < -0.4 is 5.32 Å². The summed E-state index contributed by atoms with van der Waals surface area (Å²) in [6.07, 6.45) is 0. The Morgan fingerprint density at radius 3 is 2.82 bits per heavy atom. The molecule has 1 aromatic carbocycles. The van der Waals surface area contributed by atoms with Gasteiger partial charge in [0.25, 0.3) is 0 Å². The highest BCUT2D eigenvalue weighted by Crippen LogP contribution is 2.32. The van der Waals surface area contributed by atoms with Crippen LogP contribution in [0.25, 0.3) is 0 Å². The number of carbonyl (C=O) groups excluding carboxylic acids is 1. The summed E-state index contributed by atoms with van der Waals surface area (Å²) in [6, 6.07) is 5.85. The van der Waals surface area contributed by atoms with E-state index in [2.05, 4.69) is 38.4 Å². The van der Waals surface area contributed by atoms with Crippen molar-refractivity contribution in [3.8, 4) is 0 Å². The van der Waals surface area contributed by atoms with Crippen LogP contribution in [0.5, 0.6) is 0 Å². The molecular weight excluding hydrogens is 402 g/mol. The molecule has 0 radical (unpaired) electrons. The number of thioether (sulfide) groups is 2. The van der Waals surface area contributed by atoms with Crippen molar-refractivity contribution < 1.29 is 4.79 Å². The summed E-state index contributed by atoms with van der Waals surface area (Å²) >= 11 is 8.09. The molecule has 1 amide bonds. The Hall–Kier alpha value is -0.570. The van der Waals surface area contributed by atoms with Gasteiger partial charge in [0.1, 0.15) is 0 Å². The van der Waals surface area contributed by atoms with Crippen molar-refractivity contribution in [1.82, 2.24) is 10.2 Å². The SMILES string of the molecule is CCSc1nnc(SC(C)C(=O)Nc2ccc(C)cc2Br)s1. The van der Waals surface area contributed by atoms with Crippen LogP contribution in [0.4, 0.5) is 5.69 Å². The standard InChI is InChI=1S/C14H16BrN3OS3/c1-4-20-13-17-18-14(22-13)21-9(3)12(19)16-11-6-5-8(2)7-10(11)15/h5-7,9H,4H2,1-3H3,(H,16,19). The van der Waals surface area contributed by atoms with E-state index >= 15 is 0 Å². The van der Waals surface area contributed by atoms with E-state index in [1.54, 1.807) is 11.8 Å². The van der Waals surface area contributed by atoms with Gasteiger partial charge < -0.3 is 5.32 Å². The predicted octanol–water partition coefficient (Wildman–Crippen LogP) is 4.84. The van der Waals surface area contributed by atoms with E-state index in [1.807, 2.05) is 32.0 Å². The molecule has 8 heteroatoms. The van der Waals surface area contributed by atoms with Gasteiger partial charge in [0.2, 0.25) is 5.91 Å². The van der Waals surface area contributed by atoms with E-state index in [9.17, 15) is 4.79 Å². The van der Waals surface area contributed by atoms with Crippen molar-refractivity contribution in [3.05, 3.63) is 28.2 Å². The third-order valence-electron chi connectivity index (χ3n) is 2.69. The molecule has 0 aliphatic rings. The van der Waals surface area contributed by atoms with E-state index < -0.39 is 0 Å². The Morgan fingerprint density at radius 1 is 1.41 bits per heavy atom. The maximum atomic E-state index is 12.3. The lowest BCUT2D eigenvalue weighted by atomic mass is 10.2. The third kappa shape index (κ3) is 4.97. The van der Waals surface area contributed by atoms with E-state index in [4.69, 9.17) is 0 Å². The normalized spacial score (nSPS) is 12.2. The van der Waals surface area contributed by atoms with Crippen molar-refractivity contribution in [2.75, 3.05) is 11.1 Å². The van der Waals surface area contributed by atoms with Gasteiger partial charge in [-0.2, -0.15) is 0 Å². The highest BCUT2D eigenvalue weighted by Gasteiger charge is 2.18. The second-order valence-corrected chi connectivity index (χ2v) is 9.43. The molecule has 0 saturated carbocycles. The average molecular weight is 418 g/mol. The molecule has 1 unspecified atom stereocenters. The number of benzene rings is 1. The molecule has 4 nitrogen and oxygen atoms in total. The van der Waals surface area contributed by atoms with Crippen LogP contribution in [-0.4, -0.2) is 27.1 Å². The number of hydrogen-bond donors (Lipinski definition) is 1. The maximum Gasteiger partial charge on any atom is 0.237 e. The fourth-order valence-corrected chi connectivity index (χ4v) is 5.24.